The number of fused-ring (bicyclic) bond motifs is 1. The second-order valence-corrected chi connectivity index (χ2v) is 6.72. The van der Waals surface area contributed by atoms with E-state index < -0.39 is 0 Å². The van der Waals surface area contributed by atoms with Gasteiger partial charge in [0.1, 0.15) is 5.82 Å². The second kappa shape index (κ2) is 6.64. The van der Waals surface area contributed by atoms with Crippen LogP contribution < -0.4 is 4.90 Å². The Kier molecular flexibility index (Phi) is 4.19. The quantitative estimate of drug-likeness (QED) is 0.544. The van der Waals surface area contributed by atoms with Gasteiger partial charge in [0.25, 0.3) is 0 Å². The van der Waals surface area contributed by atoms with Crippen LogP contribution in [0.2, 0.25) is 0 Å². The first-order valence-corrected chi connectivity index (χ1v) is 9.20. The van der Waals surface area contributed by atoms with Crippen LogP contribution in [-0.2, 0) is 13.6 Å². The number of nitrogens with zero attached hydrogens (tertiary/aromatic N) is 5. The normalized spacial score (nSPS) is 11.1. The number of hydrogen-bond acceptors (Lipinski definition) is 5. The summed E-state index contributed by atoms with van der Waals surface area (Å²) < 4.78 is 1.83. The van der Waals surface area contributed by atoms with E-state index in [1.807, 2.05) is 42.3 Å². The van der Waals surface area contributed by atoms with E-state index in [1.54, 1.807) is 11.3 Å². The number of rotatable bonds is 5. The SMILES string of the molecule is CCN(Cc1cnn(C)c1)c1nc(-c2ccsc2)nc2ccccc12. The molecule has 0 aliphatic rings. The zero-order valence-corrected chi connectivity index (χ0v) is 15.1. The molecule has 0 amide bonds. The zero-order chi connectivity index (χ0) is 17.2. The van der Waals surface area contributed by atoms with Gasteiger partial charge < -0.3 is 4.90 Å². The van der Waals surface area contributed by atoms with Gasteiger partial charge in [0, 0.05) is 48.2 Å². The monoisotopic (exact) mass is 349 g/mol. The van der Waals surface area contributed by atoms with Crippen molar-refractivity contribution in [2.24, 2.45) is 7.05 Å². The molecule has 0 aliphatic heterocycles. The largest absolute Gasteiger partial charge is 0.352 e. The molecule has 0 radical (unpaired) electrons. The van der Waals surface area contributed by atoms with Gasteiger partial charge in [-0.25, -0.2) is 9.97 Å². The maximum Gasteiger partial charge on any atom is 0.162 e. The molecule has 0 bridgehead atoms. The van der Waals surface area contributed by atoms with E-state index in [2.05, 4.69) is 39.8 Å². The molecule has 4 aromatic rings. The summed E-state index contributed by atoms with van der Waals surface area (Å²) in [6, 6.07) is 10.3. The standard InChI is InChI=1S/C19H19N5S/c1-3-24(12-14-10-20-23(2)11-14)19-16-6-4-5-7-17(16)21-18(22-19)15-8-9-25-13-15/h4-11,13H,3,12H2,1-2H3. The van der Waals surface area contributed by atoms with Crippen LogP contribution in [0.3, 0.4) is 0 Å². The highest BCUT2D eigenvalue weighted by atomic mass is 32.1. The summed E-state index contributed by atoms with van der Waals surface area (Å²) in [6.45, 7) is 3.78. The molecule has 4 rings (SSSR count). The van der Waals surface area contributed by atoms with Gasteiger partial charge in [0.05, 0.1) is 11.7 Å². The first-order chi connectivity index (χ1) is 12.2. The fraction of sp³-hybridized carbons (Fsp3) is 0.211. The van der Waals surface area contributed by atoms with Crippen molar-refractivity contribution in [2.45, 2.75) is 13.5 Å². The Morgan fingerprint density at radius 3 is 2.76 bits per heavy atom. The van der Waals surface area contributed by atoms with Crippen LogP contribution in [0.5, 0.6) is 0 Å². The highest BCUT2D eigenvalue weighted by molar-refractivity contribution is 7.08. The van der Waals surface area contributed by atoms with E-state index in [0.717, 1.165) is 41.2 Å². The number of anilines is 1. The molecule has 5 nitrogen and oxygen atoms in total. The number of hydrogen-bond donors (Lipinski definition) is 0. The number of aryl methyl sites for hydroxylation is 1. The van der Waals surface area contributed by atoms with Crippen molar-refractivity contribution in [2.75, 3.05) is 11.4 Å². The molecule has 0 fully saturated rings. The number of benzene rings is 1. The van der Waals surface area contributed by atoms with Crippen molar-refractivity contribution >= 4 is 28.1 Å². The van der Waals surface area contributed by atoms with Crippen molar-refractivity contribution < 1.29 is 0 Å². The molecule has 3 aromatic heterocycles. The average molecular weight is 349 g/mol. The van der Waals surface area contributed by atoms with E-state index in [0.29, 0.717) is 0 Å². The van der Waals surface area contributed by atoms with Crippen molar-refractivity contribution in [1.29, 1.82) is 0 Å². The predicted octanol–water partition coefficient (Wildman–Crippen LogP) is 4.12. The van der Waals surface area contributed by atoms with Crippen LogP contribution in [0.1, 0.15) is 12.5 Å². The summed E-state index contributed by atoms with van der Waals surface area (Å²) in [5.41, 5.74) is 3.21. The average Bonchev–Trinajstić information content (AvgIpc) is 3.30. The zero-order valence-electron chi connectivity index (χ0n) is 14.3. The van der Waals surface area contributed by atoms with Gasteiger partial charge >= 0.3 is 0 Å². The third-order valence-corrected chi connectivity index (χ3v) is 4.86. The molecule has 0 unspecified atom stereocenters. The van der Waals surface area contributed by atoms with E-state index in [4.69, 9.17) is 9.97 Å². The summed E-state index contributed by atoms with van der Waals surface area (Å²) in [7, 11) is 1.94. The third kappa shape index (κ3) is 3.13. The van der Waals surface area contributed by atoms with Gasteiger partial charge in [-0.2, -0.15) is 16.4 Å². The van der Waals surface area contributed by atoms with Gasteiger partial charge in [-0.15, -0.1) is 0 Å². The van der Waals surface area contributed by atoms with Crippen LogP contribution >= 0.6 is 11.3 Å². The van der Waals surface area contributed by atoms with Crippen LogP contribution in [0.25, 0.3) is 22.3 Å². The number of para-hydroxylation sites is 1. The highest BCUT2D eigenvalue weighted by Crippen LogP contribution is 2.29. The van der Waals surface area contributed by atoms with Crippen LogP contribution in [0, 0.1) is 0 Å². The van der Waals surface area contributed by atoms with Gasteiger partial charge in [-0.1, -0.05) is 12.1 Å². The summed E-state index contributed by atoms with van der Waals surface area (Å²) >= 11 is 1.66. The van der Waals surface area contributed by atoms with Crippen LogP contribution in [0.15, 0.2) is 53.5 Å². The van der Waals surface area contributed by atoms with Crippen LogP contribution in [-0.4, -0.2) is 26.3 Å². The minimum absolute atomic E-state index is 0.772. The summed E-state index contributed by atoms with van der Waals surface area (Å²) in [4.78, 5) is 11.9. The summed E-state index contributed by atoms with van der Waals surface area (Å²) in [5, 5.41) is 9.50. The van der Waals surface area contributed by atoms with Gasteiger partial charge in [0.15, 0.2) is 5.82 Å². The van der Waals surface area contributed by atoms with E-state index in [1.165, 1.54) is 5.56 Å². The molecule has 0 atom stereocenters. The molecule has 126 valence electrons. The second-order valence-electron chi connectivity index (χ2n) is 5.94. The lowest BCUT2D eigenvalue weighted by Gasteiger charge is -2.23. The third-order valence-electron chi connectivity index (χ3n) is 4.18. The maximum atomic E-state index is 4.91. The maximum absolute atomic E-state index is 4.91. The van der Waals surface area contributed by atoms with E-state index >= 15 is 0 Å². The lowest BCUT2D eigenvalue weighted by Crippen LogP contribution is -2.23. The molecule has 0 saturated heterocycles. The van der Waals surface area contributed by atoms with Crippen LogP contribution in [0.4, 0.5) is 5.82 Å². The molecule has 0 spiro atoms. The Morgan fingerprint density at radius 2 is 2.04 bits per heavy atom. The molecule has 0 N–H and O–H groups in total. The predicted molar refractivity (Wildman–Crippen MR) is 103 cm³/mol. The molecule has 6 heteroatoms. The first kappa shape index (κ1) is 15.8. The lowest BCUT2D eigenvalue weighted by molar-refractivity contribution is 0.764. The van der Waals surface area contributed by atoms with Gasteiger partial charge in [-0.05, 0) is 30.5 Å². The molecule has 3 heterocycles. The molecule has 0 saturated carbocycles. The molecule has 0 aliphatic carbocycles. The van der Waals surface area contributed by atoms with Crippen molar-refractivity contribution in [3.63, 3.8) is 0 Å². The molecule has 25 heavy (non-hydrogen) atoms. The summed E-state index contributed by atoms with van der Waals surface area (Å²) in [6.07, 6.45) is 3.96. The lowest BCUT2D eigenvalue weighted by atomic mass is 10.2. The smallest absolute Gasteiger partial charge is 0.162 e. The molecule has 1 aromatic carbocycles. The Balaban J connectivity index is 1.83. The fourth-order valence-corrected chi connectivity index (χ4v) is 3.57. The topological polar surface area (TPSA) is 46.8 Å². The highest BCUT2D eigenvalue weighted by Gasteiger charge is 2.15. The summed E-state index contributed by atoms with van der Waals surface area (Å²) in [5.74, 6) is 1.75. The number of thiophene rings is 1. The van der Waals surface area contributed by atoms with Crippen molar-refractivity contribution in [1.82, 2.24) is 19.7 Å². The first-order valence-electron chi connectivity index (χ1n) is 8.26. The van der Waals surface area contributed by atoms with Crippen molar-refractivity contribution in [3.8, 4) is 11.4 Å². The minimum atomic E-state index is 0.772. The van der Waals surface area contributed by atoms with Gasteiger partial charge in [-0.3, -0.25) is 4.68 Å². The van der Waals surface area contributed by atoms with Crippen molar-refractivity contribution in [3.05, 3.63) is 59.0 Å². The molecular formula is C19H19N5S. The van der Waals surface area contributed by atoms with E-state index in [-0.39, 0.29) is 0 Å². The Labute approximate surface area is 150 Å². The van der Waals surface area contributed by atoms with E-state index in [9.17, 15) is 0 Å². The Hall–Kier alpha value is -2.73. The Bertz CT molecular complexity index is 990. The fourth-order valence-electron chi connectivity index (χ4n) is 2.93. The number of aromatic nitrogens is 4. The minimum Gasteiger partial charge on any atom is -0.352 e. The van der Waals surface area contributed by atoms with Gasteiger partial charge in [0.2, 0.25) is 0 Å². The molecular weight excluding hydrogens is 330 g/mol. The Morgan fingerprint density at radius 1 is 1.16 bits per heavy atom.